The summed E-state index contributed by atoms with van der Waals surface area (Å²) >= 11 is 8.65. The zero-order valence-corrected chi connectivity index (χ0v) is 6.74. The van der Waals surface area contributed by atoms with Crippen LogP contribution in [0.15, 0.2) is 4.51 Å². The molecule has 0 aliphatic heterocycles. The standard InChI is InChI=1S/CCl2F5NOS/c2-1(9-3)10-11(4,5,6,7)8. The zero-order valence-electron chi connectivity index (χ0n) is 4.41. The van der Waals surface area contributed by atoms with E-state index in [0.717, 1.165) is 0 Å². The molecule has 0 spiro atoms. The third-order valence-corrected chi connectivity index (χ3v) is 1.26. The summed E-state index contributed by atoms with van der Waals surface area (Å²) in [5, 5.41) is -1.87. The van der Waals surface area contributed by atoms with Crippen LogP contribution < -0.4 is 0 Å². The molecule has 0 heterocycles. The minimum atomic E-state index is -9.97. The molecule has 0 fully saturated rings. The third-order valence-electron chi connectivity index (χ3n) is 0.293. The minimum Gasteiger partial charge on any atom is -0.321 e. The predicted octanol–water partition coefficient (Wildman–Crippen LogP) is 3.97. The van der Waals surface area contributed by atoms with Crippen LogP contribution in [0.3, 0.4) is 0 Å². The smallest absolute Gasteiger partial charge is 0.321 e. The van der Waals surface area contributed by atoms with Gasteiger partial charge in [0, 0.05) is 11.8 Å². The van der Waals surface area contributed by atoms with E-state index in [2.05, 4.69) is 27.6 Å². The lowest BCUT2D eigenvalue weighted by atomic mass is 11.5. The van der Waals surface area contributed by atoms with Crippen LogP contribution >= 0.6 is 33.9 Å². The van der Waals surface area contributed by atoms with E-state index >= 15 is 0 Å². The first-order valence-corrected chi connectivity index (χ1v) is 4.32. The highest BCUT2D eigenvalue weighted by atomic mass is 35.5. The Morgan fingerprint density at radius 2 is 1.55 bits per heavy atom. The minimum absolute atomic E-state index is 1.87. The first-order valence-electron chi connectivity index (χ1n) is 1.72. The van der Waals surface area contributed by atoms with Gasteiger partial charge in [-0.05, 0) is 11.6 Å². The molecule has 11 heavy (non-hydrogen) atoms. The maximum Gasteiger partial charge on any atom is 0.437 e. The van der Waals surface area contributed by atoms with Crippen LogP contribution in [0.4, 0.5) is 19.4 Å². The fourth-order valence-electron chi connectivity index (χ4n) is 0.144. The molecule has 10 heteroatoms. The maximum atomic E-state index is 11.2. The Kier molecular flexibility index (Phi) is 2.06. The second kappa shape index (κ2) is 2.05. The van der Waals surface area contributed by atoms with Gasteiger partial charge in [0.2, 0.25) is 0 Å². The van der Waals surface area contributed by atoms with E-state index in [4.69, 9.17) is 0 Å². The van der Waals surface area contributed by atoms with Crippen molar-refractivity contribution in [2.24, 2.45) is 4.51 Å². The molecule has 0 aromatic heterocycles. The van der Waals surface area contributed by atoms with Crippen molar-refractivity contribution in [3.05, 3.63) is 0 Å². The highest BCUT2D eigenvalue weighted by Gasteiger charge is 2.68. The molecule has 0 amide bonds. The van der Waals surface area contributed by atoms with Crippen LogP contribution in [0.25, 0.3) is 0 Å². The molecule has 0 aliphatic carbocycles. The molecule has 0 N–H and O–H groups in total. The van der Waals surface area contributed by atoms with E-state index in [1.54, 1.807) is 0 Å². The first-order chi connectivity index (χ1) is 4.43. The molecule has 0 aromatic rings. The largest absolute Gasteiger partial charge is 0.437 e. The summed E-state index contributed by atoms with van der Waals surface area (Å²) < 4.78 is 60.2. The van der Waals surface area contributed by atoms with Gasteiger partial charge in [0.25, 0.3) is 0 Å². The summed E-state index contributed by atoms with van der Waals surface area (Å²) in [5.41, 5.74) is 0. The molecule has 0 saturated carbocycles. The average molecular weight is 240 g/mol. The molecular weight excluding hydrogens is 240 g/mol. The van der Waals surface area contributed by atoms with Crippen LogP contribution in [0.1, 0.15) is 0 Å². The van der Waals surface area contributed by atoms with Crippen molar-refractivity contribution < 1.29 is 23.6 Å². The summed E-state index contributed by atoms with van der Waals surface area (Å²) in [5.74, 6) is 0. The van der Waals surface area contributed by atoms with Crippen LogP contribution in [0.2, 0.25) is 0 Å². The van der Waals surface area contributed by atoms with E-state index < -0.39 is 15.9 Å². The van der Waals surface area contributed by atoms with Crippen LogP contribution in [0.5, 0.6) is 0 Å². The van der Waals surface area contributed by atoms with Crippen molar-refractivity contribution in [3.63, 3.8) is 0 Å². The molecule has 0 aromatic carbocycles. The van der Waals surface area contributed by atoms with E-state index in [-0.39, 0.29) is 0 Å². The lowest BCUT2D eigenvalue weighted by Gasteiger charge is -2.37. The molecule has 0 bridgehead atoms. The average Bonchev–Trinajstić information content (AvgIpc) is 1.57. The van der Waals surface area contributed by atoms with Gasteiger partial charge in [0.15, 0.2) is 0 Å². The van der Waals surface area contributed by atoms with Gasteiger partial charge in [-0.3, -0.25) is 0 Å². The van der Waals surface area contributed by atoms with E-state index in [0.29, 0.717) is 0 Å². The van der Waals surface area contributed by atoms with E-state index in [1.165, 1.54) is 0 Å². The molecular formula is CCl2F5NOS. The second-order valence-corrected chi connectivity index (χ2v) is 3.77. The lowest BCUT2D eigenvalue weighted by Crippen LogP contribution is -2.12. The van der Waals surface area contributed by atoms with Crippen molar-refractivity contribution in [2.75, 3.05) is 0 Å². The molecule has 70 valence electrons. The fraction of sp³-hybridized carbons (Fsp3) is 0. The van der Waals surface area contributed by atoms with Gasteiger partial charge in [-0.15, -0.1) is 4.51 Å². The number of nitrogens with zero attached hydrogens (tertiary/aromatic N) is 1. The highest BCUT2D eigenvalue weighted by Crippen LogP contribution is 2.98. The van der Waals surface area contributed by atoms with Gasteiger partial charge in [-0.1, -0.05) is 19.4 Å². The topological polar surface area (TPSA) is 21.6 Å². The van der Waals surface area contributed by atoms with Crippen LogP contribution in [0, 0.1) is 0 Å². The Hall–Kier alpha value is 0.0500. The summed E-state index contributed by atoms with van der Waals surface area (Å²) in [6, 6.07) is 0. The summed E-state index contributed by atoms with van der Waals surface area (Å²) in [4.78, 5) is 0. The van der Waals surface area contributed by atoms with Gasteiger partial charge >= 0.3 is 15.9 Å². The SMILES string of the molecule is FS(F)(F)(F)(F)OC(Cl)=NCl. The molecule has 0 saturated heterocycles. The van der Waals surface area contributed by atoms with Crippen molar-refractivity contribution in [3.8, 4) is 0 Å². The summed E-state index contributed by atoms with van der Waals surface area (Å²) in [6.45, 7) is 0. The zero-order chi connectivity index (χ0) is 9.40. The number of hydrogen-bond donors (Lipinski definition) is 0. The van der Waals surface area contributed by atoms with Crippen molar-refractivity contribution in [1.82, 2.24) is 0 Å². The Labute approximate surface area is 68.0 Å². The van der Waals surface area contributed by atoms with Crippen molar-refractivity contribution in [2.45, 2.75) is 0 Å². The Bertz CT molecular complexity index is 194. The normalized spacial score (nSPS) is 20.5. The van der Waals surface area contributed by atoms with Gasteiger partial charge in [0.05, 0.1) is 0 Å². The van der Waals surface area contributed by atoms with Gasteiger partial charge < -0.3 is 4.18 Å². The molecule has 0 aliphatic rings. The van der Waals surface area contributed by atoms with Crippen LogP contribution in [-0.4, -0.2) is 5.36 Å². The monoisotopic (exact) mass is 239 g/mol. The lowest BCUT2D eigenvalue weighted by molar-refractivity contribution is 0.241. The molecule has 0 radical (unpaired) electrons. The molecule has 0 atom stereocenters. The van der Waals surface area contributed by atoms with Crippen molar-refractivity contribution in [1.29, 1.82) is 0 Å². The maximum absolute atomic E-state index is 11.2. The predicted molar refractivity (Wildman–Crippen MR) is 33.4 cm³/mol. The van der Waals surface area contributed by atoms with E-state index in [9.17, 15) is 19.4 Å². The molecule has 2 nitrogen and oxygen atoms in total. The van der Waals surface area contributed by atoms with Crippen LogP contribution in [-0.2, 0) is 4.18 Å². The third kappa shape index (κ3) is 7.95. The number of hydrogen-bond acceptors (Lipinski definition) is 2. The Morgan fingerprint density at radius 1 is 1.18 bits per heavy atom. The number of halogens is 7. The van der Waals surface area contributed by atoms with Gasteiger partial charge in [-0.25, -0.2) is 0 Å². The summed E-state index contributed by atoms with van der Waals surface area (Å²) in [6.07, 6.45) is 0. The Balaban J connectivity index is 4.65. The number of rotatable bonds is 1. The molecule has 0 unspecified atom stereocenters. The van der Waals surface area contributed by atoms with Gasteiger partial charge in [0.1, 0.15) is 0 Å². The molecule has 0 rings (SSSR count). The first kappa shape index (κ1) is 11.1. The highest BCUT2D eigenvalue weighted by molar-refractivity contribution is 8.42. The van der Waals surface area contributed by atoms with Gasteiger partial charge in [-0.2, -0.15) is 0 Å². The van der Waals surface area contributed by atoms with Crippen molar-refractivity contribution >= 4 is 39.2 Å². The van der Waals surface area contributed by atoms with E-state index in [1.807, 2.05) is 4.51 Å². The quantitative estimate of drug-likeness (QED) is 0.386. The summed E-state index contributed by atoms with van der Waals surface area (Å²) in [7, 11) is -9.97. The fourth-order valence-corrected chi connectivity index (χ4v) is 0.874. The Morgan fingerprint density at radius 3 is 1.64 bits per heavy atom. The second-order valence-electron chi connectivity index (χ2n) is 1.32.